The highest BCUT2D eigenvalue weighted by atomic mass is 35.5. The molecule has 78 valence electrons. The third kappa shape index (κ3) is 6.06. The lowest BCUT2D eigenvalue weighted by Crippen LogP contribution is -1.79. The van der Waals surface area contributed by atoms with Gasteiger partial charge in [-0.25, -0.2) is 0 Å². The molecule has 0 aliphatic heterocycles. The Morgan fingerprint density at radius 1 is 1.29 bits per heavy atom. The van der Waals surface area contributed by atoms with Crippen LogP contribution in [-0.2, 0) is 4.79 Å². The minimum atomic E-state index is 0.604. The second-order valence-corrected chi connectivity index (χ2v) is 3.86. The van der Waals surface area contributed by atoms with Crippen LogP contribution in [0.3, 0.4) is 0 Å². The number of aldehydes is 1. The Bertz CT molecular complexity index is 246. The van der Waals surface area contributed by atoms with E-state index in [9.17, 15) is 4.79 Å². The highest BCUT2D eigenvalue weighted by Crippen LogP contribution is 2.20. The van der Waals surface area contributed by atoms with Crippen LogP contribution in [0.5, 0.6) is 0 Å². The molecule has 0 radical (unpaired) electrons. The van der Waals surface area contributed by atoms with Crippen LogP contribution in [0.1, 0.15) is 20.3 Å². The average Bonchev–Trinajstić information content (AvgIpc) is 2.24. The fourth-order valence-corrected chi connectivity index (χ4v) is 1.66. The molecule has 0 amide bonds. The van der Waals surface area contributed by atoms with Gasteiger partial charge in [0.1, 0.15) is 6.29 Å². The van der Waals surface area contributed by atoms with E-state index in [1.165, 1.54) is 0 Å². The van der Waals surface area contributed by atoms with Gasteiger partial charge in [0.2, 0.25) is 0 Å². The zero-order valence-electron chi connectivity index (χ0n) is 8.50. The van der Waals surface area contributed by atoms with Crippen LogP contribution in [0.15, 0.2) is 29.2 Å². The Balaban J connectivity index is 0.000000791. The summed E-state index contributed by atoms with van der Waals surface area (Å²) in [6.07, 6.45) is 1.54. The topological polar surface area (TPSA) is 17.1 Å². The van der Waals surface area contributed by atoms with E-state index in [2.05, 4.69) is 0 Å². The Kier molecular flexibility index (Phi) is 8.79. The molecule has 0 saturated heterocycles. The molecule has 3 heteroatoms. The summed E-state index contributed by atoms with van der Waals surface area (Å²) < 4.78 is 0. The summed E-state index contributed by atoms with van der Waals surface area (Å²) in [4.78, 5) is 11.2. The number of carbonyl (C=O) groups is 1. The second-order valence-electron chi connectivity index (χ2n) is 2.26. The van der Waals surface area contributed by atoms with Crippen molar-refractivity contribution in [1.29, 1.82) is 0 Å². The van der Waals surface area contributed by atoms with Crippen molar-refractivity contribution in [3.63, 3.8) is 0 Å². The number of halogens is 1. The zero-order chi connectivity index (χ0) is 10.8. The number of rotatable bonds is 4. The van der Waals surface area contributed by atoms with Gasteiger partial charge in [-0.1, -0.05) is 25.4 Å². The molecule has 0 saturated carbocycles. The van der Waals surface area contributed by atoms with Gasteiger partial charge in [0.15, 0.2) is 0 Å². The van der Waals surface area contributed by atoms with Gasteiger partial charge in [-0.05, 0) is 24.3 Å². The van der Waals surface area contributed by atoms with Crippen molar-refractivity contribution in [2.75, 3.05) is 5.75 Å². The van der Waals surface area contributed by atoms with Gasteiger partial charge >= 0.3 is 0 Å². The van der Waals surface area contributed by atoms with E-state index in [0.717, 1.165) is 22.0 Å². The Hall–Kier alpha value is -0.470. The highest BCUT2D eigenvalue weighted by molar-refractivity contribution is 7.99. The van der Waals surface area contributed by atoms with Gasteiger partial charge < -0.3 is 4.79 Å². The monoisotopic (exact) mass is 230 g/mol. The molecule has 1 aromatic rings. The Morgan fingerprint density at radius 3 is 2.36 bits per heavy atom. The van der Waals surface area contributed by atoms with E-state index in [1.54, 1.807) is 11.8 Å². The van der Waals surface area contributed by atoms with Gasteiger partial charge in [0.25, 0.3) is 0 Å². The van der Waals surface area contributed by atoms with Crippen LogP contribution >= 0.6 is 23.4 Å². The second kappa shape index (κ2) is 9.10. The van der Waals surface area contributed by atoms with Crippen molar-refractivity contribution >= 4 is 29.6 Å². The lowest BCUT2D eigenvalue weighted by molar-refractivity contribution is -0.107. The fraction of sp³-hybridized carbons (Fsp3) is 0.364. The minimum Gasteiger partial charge on any atom is -0.303 e. The van der Waals surface area contributed by atoms with Gasteiger partial charge in [0.05, 0.1) is 0 Å². The predicted octanol–water partition coefficient (Wildman–Crippen LogP) is 4.05. The minimum absolute atomic E-state index is 0.604. The normalized spacial score (nSPS) is 8.79. The Labute approximate surface area is 94.8 Å². The predicted molar refractivity (Wildman–Crippen MR) is 64.2 cm³/mol. The number of thioether (sulfide) groups is 1. The molecule has 0 N–H and O–H groups in total. The first-order chi connectivity index (χ1) is 6.83. The highest BCUT2D eigenvalue weighted by Gasteiger charge is 1.92. The first-order valence-electron chi connectivity index (χ1n) is 4.65. The van der Waals surface area contributed by atoms with Crippen LogP contribution in [0.25, 0.3) is 0 Å². The SMILES string of the molecule is CC.O=CCCSc1ccc(Cl)cc1. The summed E-state index contributed by atoms with van der Waals surface area (Å²) in [7, 11) is 0. The summed E-state index contributed by atoms with van der Waals surface area (Å²) >= 11 is 7.37. The number of hydrogen-bond donors (Lipinski definition) is 0. The summed E-state index contributed by atoms with van der Waals surface area (Å²) in [5.74, 6) is 0.838. The zero-order valence-corrected chi connectivity index (χ0v) is 10.1. The van der Waals surface area contributed by atoms with Gasteiger partial charge in [0, 0.05) is 22.1 Å². The van der Waals surface area contributed by atoms with Crippen molar-refractivity contribution in [3.05, 3.63) is 29.3 Å². The maximum Gasteiger partial charge on any atom is 0.120 e. The molecule has 0 aromatic heterocycles. The van der Waals surface area contributed by atoms with Gasteiger partial charge in [-0.3, -0.25) is 0 Å². The van der Waals surface area contributed by atoms with Crippen molar-refractivity contribution < 1.29 is 4.79 Å². The summed E-state index contributed by atoms with van der Waals surface area (Å²) in [6.45, 7) is 4.00. The molecule has 1 aromatic carbocycles. The molecule has 0 heterocycles. The third-order valence-electron chi connectivity index (χ3n) is 1.32. The largest absolute Gasteiger partial charge is 0.303 e. The molecular weight excluding hydrogens is 216 g/mol. The first kappa shape index (κ1) is 13.5. The maximum absolute atomic E-state index is 10.0. The van der Waals surface area contributed by atoms with Crippen molar-refractivity contribution in [1.82, 2.24) is 0 Å². The van der Waals surface area contributed by atoms with Crippen LogP contribution in [-0.4, -0.2) is 12.0 Å². The summed E-state index contributed by atoms with van der Waals surface area (Å²) in [5.41, 5.74) is 0. The molecule has 1 nitrogen and oxygen atoms in total. The third-order valence-corrected chi connectivity index (χ3v) is 2.62. The van der Waals surface area contributed by atoms with Crippen LogP contribution in [0, 0.1) is 0 Å². The van der Waals surface area contributed by atoms with E-state index in [4.69, 9.17) is 11.6 Å². The fourth-order valence-electron chi connectivity index (χ4n) is 0.756. The average molecular weight is 231 g/mol. The first-order valence-corrected chi connectivity index (χ1v) is 6.01. The van der Waals surface area contributed by atoms with E-state index >= 15 is 0 Å². The van der Waals surface area contributed by atoms with E-state index in [0.29, 0.717) is 6.42 Å². The number of hydrogen-bond acceptors (Lipinski definition) is 2. The van der Waals surface area contributed by atoms with Crippen molar-refractivity contribution in [3.8, 4) is 0 Å². The number of carbonyl (C=O) groups excluding carboxylic acids is 1. The van der Waals surface area contributed by atoms with Crippen molar-refractivity contribution in [2.24, 2.45) is 0 Å². The van der Waals surface area contributed by atoms with Crippen LogP contribution in [0.4, 0.5) is 0 Å². The maximum atomic E-state index is 10.0. The molecule has 0 bridgehead atoms. The van der Waals surface area contributed by atoms with E-state index in [-0.39, 0.29) is 0 Å². The quantitative estimate of drug-likeness (QED) is 0.441. The molecule has 14 heavy (non-hydrogen) atoms. The molecular formula is C11H15ClOS. The van der Waals surface area contributed by atoms with Crippen LogP contribution in [0.2, 0.25) is 5.02 Å². The van der Waals surface area contributed by atoms with Gasteiger partial charge in [-0.15, -0.1) is 11.8 Å². The van der Waals surface area contributed by atoms with Crippen molar-refractivity contribution in [2.45, 2.75) is 25.2 Å². The number of benzene rings is 1. The summed E-state index contributed by atoms with van der Waals surface area (Å²) in [5, 5.41) is 0.745. The van der Waals surface area contributed by atoms with E-state index in [1.807, 2.05) is 38.1 Å². The summed E-state index contributed by atoms with van der Waals surface area (Å²) in [6, 6.07) is 7.62. The van der Waals surface area contributed by atoms with Gasteiger partial charge in [-0.2, -0.15) is 0 Å². The Morgan fingerprint density at radius 2 is 1.86 bits per heavy atom. The molecule has 0 spiro atoms. The lowest BCUT2D eigenvalue weighted by atomic mass is 10.4. The molecule has 0 atom stereocenters. The molecule has 0 aliphatic rings. The lowest BCUT2D eigenvalue weighted by Gasteiger charge is -1.97. The molecule has 1 rings (SSSR count). The molecule has 0 unspecified atom stereocenters. The van der Waals surface area contributed by atoms with E-state index < -0.39 is 0 Å². The standard InChI is InChI=1S/C9H9ClOS.C2H6/c10-8-2-4-9(5-3-8)12-7-1-6-11;1-2/h2-6H,1,7H2;1-2H3. The molecule has 0 aliphatic carbocycles. The molecule has 0 fully saturated rings. The smallest absolute Gasteiger partial charge is 0.120 e. The van der Waals surface area contributed by atoms with Crippen LogP contribution < -0.4 is 0 Å².